The Morgan fingerprint density at radius 3 is 2.53 bits per heavy atom. The van der Waals surface area contributed by atoms with Gasteiger partial charge in [0.05, 0.1) is 18.8 Å². The van der Waals surface area contributed by atoms with Crippen LogP contribution in [-0.2, 0) is 4.74 Å². The summed E-state index contributed by atoms with van der Waals surface area (Å²) < 4.78 is 4.97. The van der Waals surface area contributed by atoms with E-state index in [0.717, 1.165) is 25.9 Å². The van der Waals surface area contributed by atoms with Crippen LogP contribution in [0.25, 0.3) is 0 Å². The van der Waals surface area contributed by atoms with E-state index >= 15 is 0 Å². The highest BCUT2D eigenvalue weighted by Gasteiger charge is 2.25. The second-order valence-electron chi connectivity index (χ2n) is 4.87. The van der Waals surface area contributed by atoms with E-state index in [4.69, 9.17) is 4.74 Å². The van der Waals surface area contributed by atoms with Gasteiger partial charge in [-0.15, -0.1) is 0 Å². The topological polar surface area (TPSA) is 61.8 Å². The van der Waals surface area contributed by atoms with E-state index in [1.807, 2.05) is 18.7 Å². The molecule has 0 spiro atoms. The van der Waals surface area contributed by atoms with Crippen molar-refractivity contribution in [2.45, 2.75) is 38.8 Å². The van der Waals surface area contributed by atoms with E-state index < -0.39 is 0 Å². The summed E-state index contributed by atoms with van der Waals surface area (Å²) in [5.74, 6) is 0.329. The fraction of sp³-hybridized carbons (Fsp3) is 0.917. The average Bonchev–Trinajstić information content (AvgIpc) is 2.29. The van der Waals surface area contributed by atoms with Crippen molar-refractivity contribution >= 4 is 6.03 Å². The summed E-state index contributed by atoms with van der Waals surface area (Å²) in [6.45, 7) is 5.71. The molecular formula is C12H24N2O3. The molecule has 0 aromatic heterocycles. The lowest BCUT2D eigenvalue weighted by Crippen LogP contribution is -2.49. The fourth-order valence-corrected chi connectivity index (χ4v) is 2.18. The van der Waals surface area contributed by atoms with Gasteiger partial charge in [-0.25, -0.2) is 4.79 Å². The number of carbonyl (C=O) groups excluding carboxylic acids is 1. The van der Waals surface area contributed by atoms with Gasteiger partial charge in [0.1, 0.15) is 0 Å². The first-order chi connectivity index (χ1) is 8.04. The number of amides is 2. The zero-order valence-electron chi connectivity index (χ0n) is 11.0. The third kappa shape index (κ3) is 4.52. The van der Waals surface area contributed by atoms with Gasteiger partial charge in [0.2, 0.25) is 0 Å². The van der Waals surface area contributed by atoms with Crippen molar-refractivity contribution in [1.29, 1.82) is 0 Å². The molecule has 1 aliphatic rings. The Balaban J connectivity index is 2.30. The molecule has 5 nitrogen and oxygen atoms in total. The molecule has 0 bridgehead atoms. The molecule has 1 aliphatic heterocycles. The maximum absolute atomic E-state index is 11.9. The summed E-state index contributed by atoms with van der Waals surface area (Å²) in [5.41, 5.74) is 0. The summed E-state index contributed by atoms with van der Waals surface area (Å²) in [7, 11) is 1.62. The third-order valence-corrected chi connectivity index (χ3v) is 3.30. The highest BCUT2D eigenvalue weighted by molar-refractivity contribution is 5.74. The first-order valence-electron chi connectivity index (χ1n) is 6.27. The highest BCUT2D eigenvalue weighted by Crippen LogP contribution is 2.20. The number of rotatable bonds is 4. The first-order valence-corrected chi connectivity index (χ1v) is 6.27. The molecule has 2 atom stereocenters. The van der Waals surface area contributed by atoms with Gasteiger partial charge in [-0.05, 0) is 32.6 Å². The quantitative estimate of drug-likeness (QED) is 0.770. The minimum absolute atomic E-state index is 0.0291. The van der Waals surface area contributed by atoms with Crippen LogP contribution in [0.2, 0.25) is 0 Å². The molecule has 0 aliphatic carbocycles. The molecule has 2 amide bonds. The second kappa shape index (κ2) is 6.81. The number of likely N-dealkylation sites (tertiary alicyclic amines) is 1. The van der Waals surface area contributed by atoms with Gasteiger partial charge in [0, 0.05) is 20.2 Å². The van der Waals surface area contributed by atoms with Crippen molar-refractivity contribution in [2.24, 2.45) is 5.92 Å². The second-order valence-corrected chi connectivity index (χ2v) is 4.87. The van der Waals surface area contributed by atoms with Crippen LogP contribution in [0.1, 0.15) is 26.7 Å². The number of methoxy groups -OCH3 is 1. The van der Waals surface area contributed by atoms with Crippen molar-refractivity contribution in [3.8, 4) is 0 Å². The number of aliphatic hydroxyl groups is 1. The minimum atomic E-state index is -0.271. The van der Waals surface area contributed by atoms with Gasteiger partial charge in [-0.1, -0.05) is 0 Å². The van der Waals surface area contributed by atoms with E-state index in [2.05, 4.69) is 5.32 Å². The molecule has 1 saturated heterocycles. The largest absolute Gasteiger partial charge is 0.393 e. The number of piperidine rings is 1. The number of hydrogen-bond acceptors (Lipinski definition) is 3. The normalized spacial score (nSPS) is 21.1. The first kappa shape index (κ1) is 14.3. The zero-order valence-corrected chi connectivity index (χ0v) is 11.0. The molecule has 5 heteroatoms. The van der Waals surface area contributed by atoms with E-state index in [0.29, 0.717) is 12.5 Å². The van der Waals surface area contributed by atoms with Crippen LogP contribution in [0.15, 0.2) is 0 Å². The number of aliphatic hydroxyl groups excluding tert-OH is 1. The van der Waals surface area contributed by atoms with Crippen molar-refractivity contribution in [3.05, 3.63) is 0 Å². The molecule has 100 valence electrons. The lowest BCUT2D eigenvalue weighted by Gasteiger charge is -2.33. The van der Waals surface area contributed by atoms with Gasteiger partial charge in [-0.2, -0.15) is 0 Å². The zero-order chi connectivity index (χ0) is 12.8. The molecule has 0 aromatic carbocycles. The summed E-state index contributed by atoms with van der Waals surface area (Å²) in [6, 6.07) is 0.000539. The Labute approximate surface area is 103 Å². The number of urea groups is 1. The Hall–Kier alpha value is -0.810. The number of nitrogens with zero attached hydrogens (tertiary/aromatic N) is 1. The smallest absolute Gasteiger partial charge is 0.317 e. The molecule has 2 N–H and O–H groups in total. The van der Waals surface area contributed by atoms with Crippen LogP contribution in [0.4, 0.5) is 4.79 Å². The molecular weight excluding hydrogens is 220 g/mol. The monoisotopic (exact) mass is 244 g/mol. The SMILES string of the molecule is COC[C@@H](C)NC(=O)N1CCC([C@@H](C)O)CC1. The minimum Gasteiger partial charge on any atom is -0.393 e. The Morgan fingerprint density at radius 1 is 1.47 bits per heavy atom. The lowest BCUT2D eigenvalue weighted by atomic mass is 9.92. The van der Waals surface area contributed by atoms with E-state index in [1.165, 1.54) is 0 Å². The lowest BCUT2D eigenvalue weighted by molar-refractivity contribution is 0.0784. The molecule has 0 radical (unpaired) electrons. The molecule has 1 fully saturated rings. The maximum atomic E-state index is 11.9. The van der Waals surface area contributed by atoms with Crippen LogP contribution < -0.4 is 5.32 Å². The van der Waals surface area contributed by atoms with Crippen molar-refractivity contribution in [3.63, 3.8) is 0 Å². The Morgan fingerprint density at radius 2 is 2.06 bits per heavy atom. The number of hydrogen-bond donors (Lipinski definition) is 2. The number of nitrogens with one attached hydrogen (secondary N) is 1. The van der Waals surface area contributed by atoms with Crippen LogP contribution >= 0.6 is 0 Å². The fourth-order valence-electron chi connectivity index (χ4n) is 2.18. The van der Waals surface area contributed by atoms with Crippen LogP contribution in [0, 0.1) is 5.92 Å². The van der Waals surface area contributed by atoms with Crippen LogP contribution in [-0.4, -0.2) is 55.0 Å². The van der Waals surface area contributed by atoms with Gasteiger partial charge in [0.25, 0.3) is 0 Å². The maximum Gasteiger partial charge on any atom is 0.317 e. The standard InChI is InChI=1S/C12H24N2O3/c1-9(8-17-3)13-12(16)14-6-4-11(5-7-14)10(2)15/h9-11,15H,4-8H2,1-3H3,(H,13,16)/t9-,10-/m1/s1. The molecule has 1 heterocycles. The number of carbonyl (C=O) groups is 1. The summed E-state index contributed by atoms with van der Waals surface area (Å²) in [6.07, 6.45) is 1.49. The average molecular weight is 244 g/mol. The predicted molar refractivity (Wildman–Crippen MR) is 65.8 cm³/mol. The molecule has 17 heavy (non-hydrogen) atoms. The van der Waals surface area contributed by atoms with Crippen LogP contribution in [0.3, 0.4) is 0 Å². The predicted octanol–water partition coefficient (Wildman–Crippen LogP) is 0.824. The summed E-state index contributed by atoms with van der Waals surface area (Å²) >= 11 is 0. The van der Waals surface area contributed by atoms with Gasteiger partial charge in [0.15, 0.2) is 0 Å². The summed E-state index contributed by atoms with van der Waals surface area (Å²) in [5, 5.41) is 12.4. The molecule has 0 aromatic rings. The van der Waals surface area contributed by atoms with Crippen molar-refractivity contribution in [2.75, 3.05) is 26.8 Å². The Kier molecular flexibility index (Phi) is 5.71. The van der Waals surface area contributed by atoms with E-state index in [-0.39, 0.29) is 18.2 Å². The Bertz CT molecular complexity index is 238. The van der Waals surface area contributed by atoms with Crippen molar-refractivity contribution < 1.29 is 14.6 Å². The molecule has 1 rings (SSSR count). The highest BCUT2D eigenvalue weighted by atomic mass is 16.5. The molecule has 0 saturated carbocycles. The van der Waals surface area contributed by atoms with Gasteiger partial charge < -0.3 is 20.1 Å². The van der Waals surface area contributed by atoms with E-state index in [9.17, 15) is 9.90 Å². The van der Waals surface area contributed by atoms with Crippen LogP contribution in [0.5, 0.6) is 0 Å². The third-order valence-electron chi connectivity index (χ3n) is 3.30. The van der Waals surface area contributed by atoms with Crippen molar-refractivity contribution in [1.82, 2.24) is 10.2 Å². The van der Waals surface area contributed by atoms with Gasteiger partial charge in [-0.3, -0.25) is 0 Å². The summed E-state index contributed by atoms with van der Waals surface area (Å²) in [4.78, 5) is 13.7. The number of ether oxygens (including phenoxy) is 1. The van der Waals surface area contributed by atoms with Gasteiger partial charge >= 0.3 is 6.03 Å². The molecule has 0 unspecified atom stereocenters. The van der Waals surface area contributed by atoms with E-state index in [1.54, 1.807) is 7.11 Å².